The second-order valence-corrected chi connectivity index (χ2v) is 9.76. The molecule has 0 bridgehead atoms. The van der Waals surface area contributed by atoms with Crippen molar-refractivity contribution in [3.05, 3.63) is 103 Å². The Balaban J connectivity index is 1.55. The molecule has 1 N–H and O–H groups in total. The third-order valence-corrected chi connectivity index (χ3v) is 6.29. The van der Waals surface area contributed by atoms with Crippen LogP contribution in [-0.2, 0) is 5.41 Å². The summed E-state index contributed by atoms with van der Waals surface area (Å²) in [6, 6.07) is 31.6. The molecular formula is C30H26N4. The van der Waals surface area contributed by atoms with Crippen LogP contribution in [0.25, 0.3) is 50.3 Å². The van der Waals surface area contributed by atoms with E-state index in [4.69, 9.17) is 4.98 Å². The van der Waals surface area contributed by atoms with Gasteiger partial charge in [-0.3, -0.25) is 9.55 Å². The Bertz CT molecular complexity index is 1600. The maximum absolute atomic E-state index is 5.18. The summed E-state index contributed by atoms with van der Waals surface area (Å²) in [5.74, 6) is 1.04. The first-order valence-electron chi connectivity index (χ1n) is 11.6. The molecular weight excluding hydrogens is 416 g/mol. The number of nitrogens with zero attached hydrogens (tertiary/aromatic N) is 3. The summed E-state index contributed by atoms with van der Waals surface area (Å²) < 4.78 is 2.28. The van der Waals surface area contributed by atoms with Gasteiger partial charge in [0.15, 0.2) is 0 Å². The summed E-state index contributed by atoms with van der Waals surface area (Å²) in [5.41, 5.74) is 7.32. The Labute approximate surface area is 198 Å². The van der Waals surface area contributed by atoms with Gasteiger partial charge in [-0.15, -0.1) is 0 Å². The van der Waals surface area contributed by atoms with Gasteiger partial charge < -0.3 is 4.98 Å². The lowest BCUT2D eigenvalue weighted by Crippen LogP contribution is -2.17. The molecule has 0 saturated carbocycles. The molecule has 0 spiro atoms. The highest BCUT2D eigenvalue weighted by atomic mass is 15.1. The molecule has 4 heterocycles. The van der Waals surface area contributed by atoms with Crippen LogP contribution in [0, 0.1) is 0 Å². The van der Waals surface area contributed by atoms with Gasteiger partial charge in [-0.1, -0.05) is 63.2 Å². The summed E-state index contributed by atoms with van der Waals surface area (Å²) in [5, 5.41) is 2.33. The highest BCUT2D eigenvalue weighted by molar-refractivity contribution is 5.86. The van der Waals surface area contributed by atoms with Crippen LogP contribution in [0.2, 0.25) is 0 Å². The summed E-state index contributed by atoms with van der Waals surface area (Å²) in [7, 11) is 0. The van der Waals surface area contributed by atoms with Gasteiger partial charge in [0, 0.05) is 44.7 Å². The summed E-state index contributed by atoms with van der Waals surface area (Å²) in [6.45, 7) is 6.74. The van der Waals surface area contributed by atoms with E-state index in [1.54, 1.807) is 0 Å². The fourth-order valence-corrected chi connectivity index (χ4v) is 4.58. The molecule has 4 heteroatoms. The molecule has 4 nitrogen and oxygen atoms in total. The Morgan fingerprint density at radius 3 is 2.26 bits per heavy atom. The first-order valence-corrected chi connectivity index (χ1v) is 11.6. The predicted molar refractivity (Wildman–Crippen MR) is 140 cm³/mol. The number of hydrogen-bond donors (Lipinski definition) is 1. The molecule has 4 aromatic heterocycles. The topological polar surface area (TPSA) is 46.5 Å². The van der Waals surface area contributed by atoms with Crippen molar-refractivity contribution in [2.45, 2.75) is 26.2 Å². The van der Waals surface area contributed by atoms with Gasteiger partial charge in [0.05, 0.1) is 11.4 Å². The number of benzene rings is 2. The summed E-state index contributed by atoms with van der Waals surface area (Å²) in [6.07, 6.45) is 1.83. The van der Waals surface area contributed by atoms with Crippen LogP contribution < -0.4 is 0 Å². The smallest absolute Gasteiger partial charge is 0.146 e. The van der Waals surface area contributed by atoms with Crippen LogP contribution in [-0.4, -0.2) is 19.5 Å². The van der Waals surface area contributed by atoms with E-state index in [1.165, 1.54) is 11.1 Å². The number of aromatic amines is 1. The van der Waals surface area contributed by atoms with E-state index in [0.29, 0.717) is 0 Å². The van der Waals surface area contributed by atoms with Gasteiger partial charge in [0.1, 0.15) is 11.5 Å². The average molecular weight is 443 g/mol. The minimum atomic E-state index is -0.0446. The number of H-pyrrole nitrogens is 1. The summed E-state index contributed by atoms with van der Waals surface area (Å²) >= 11 is 0. The number of nitrogens with one attached hydrogen (secondary N) is 1. The van der Waals surface area contributed by atoms with Crippen LogP contribution in [0.3, 0.4) is 0 Å². The van der Waals surface area contributed by atoms with Crippen molar-refractivity contribution in [3.8, 4) is 28.3 Å². The fraction of sp³-hybridized carbons (Fsp3) is 0.133. The highest BCUT2D eigenvalue weighted by Gasteiger charge is 2.23. The molecule has 34 heavy (non-hydrogen) atoms. The Morgan fingerprint density at radius 1 is 0.706 bits per heavy atom. The molecule has 0 radical (unpaired) electrons. The molecule has 6 aromatic rings. The molecule has 6 rings (SSSR count). The van der Waals surface area contributed by atoms with E-state index < -0.39 is 0 Å². The lowest BCUT2D eigenvalue weighted by Gasteiger charge is -2.21. The van der Waals surface area contributed by atoms with Crippen molar-refractivity contribution in [1.82, 2.24) is 19.5 Å². The number of rotatable bonds is 3. The zero-order chi connectivity index (χ0) is 23.3. The SMILES string of the molecule is CC(C)(C)c1cc2ccc(-c3cccc(-c4ccccn4)c3)nc2n1-c1cc2ccccc2[nH]1. The molecule has 0 aliphatic rings. The lowest BCUT2D eigenvalue weighted by molar-refractivity contribution is 0.557. The monoisotopic (exact) mass is 442 g/mol. The van der Waals surface area contributed by atoms with E-state index in [0.717, 1.165) is 44.9 Å². The lowest BCUT2D eigenvalue weighted by atomic mass is 9.92. The largest absolute Gasteiger partial charge is 0.341 e. The zero-order valence-corrected chi connectivity index (χ0v) is 19.6. The zero-order valence-electron chi connectivity index (χ0n) is 19.6. The second kappa shape index (κ2) is 7.70. The predicted octanol–water partition coefficient (Wildman–Crippen LogP) is 7.53. The molecule has 0 atom stereocenters. The average Bonchev–Trinajstić information content (AvgIpc) is 3.45. The Hall–Kier alpha value is -4.18. The van der Waals surface area contributed by atoms with E-state index in [9.17, 15) is 0 Å². The van der Waals surface area contributed by atoms with E-state index in [-0.39, 0.29) is 5.41 Å². The third kappa shape index (κ3) is 3.48. The van der Waals surface area contributed by atoms with Crippen molar-refractivity contribution in [3.63, 3.8) is 0 Å². The maximum atomic E-state index is 5.18. The third-order valence-electron chi connectivity index (χ3n) is 6.29. The van der Waals surface area contributed by atoms with Crippen molar-refractivity contribution in [1.29, 1.82) is 0 Å². The first-order chi connectivity index (χ1) is 16.5. The standard InChI is InChI=1S/C30H26N4/c1-30(2,3)27-18-23-14-15-26(21-11-8-10-20(17-21)24-12-6-7-16-31-24)33-29(23)34(27)28-19-22-9-4-5-13-25(22)32-28/h4-19,32H,1-3H3. The molecule has 0 aliphatic carbocycles. The minimum Gasteiger partial charge on any atom is -0.341 e. The van der Waals surface area contributed by atoms with Crippen molar-refractivity contribution < 1.29 is 0 Å². The van der Waals surface area contributed by atoms with Crippen LogP contribution in [0.5, 0.6) is 0 Å². The number of fused-ring (bicyclic) bond motifs is 2. The van der Waals surface area contributed by atoms with E-state index in [2.05, 4.69) is 108 Å². The normalized spacial score (nSPS) is 12.0. The molecule has 2 aromatic carbocycles. The van der Waals surface area contributed by atoms with Gasteiger partial charge >= 0.3 is 0 Å². The molecule has 0 unspecified atom stereocenters. The molecule has 0 saturated heterocycles. The number of para-hydroxylation sites is 1. The number of aromatic nitrogens is 4. The molecule has 0 fully saturated rings. The molecule has 0 amide bonds. The Kier molecular flexibility index (Phi) is 4.63. The number of pyridine rings is 2. The van der Waals surface area contributed by atoms with Gasteiger partial charge in [-0.2, -0.15) is 0 Å². The van der Waals surface area contributed by atoms with Gasteiger partial charge in [0.2, 0.25) is 0 Å². The fourth-order valence-electron chi connectivity index (χ4n) is 4.58. The molecule has 0 aliphatic heterocycles. The van der Waals surface area contributed by atoms with Crippen molar-refractivity contribution in [2.24, 2.45) is 0 Å². The minimum absolute atomic E-state index is 0.0446. The maximum Gasteiger partial charge on any atom is 0.146 e. The first kappa shape index (κ1) is 20.4. The highest BCUT2D eigenvalue weighted by Crippen LogP contribution is 2.34. The van der Waals surface area contributed by atoms with Crippen LogP contribution in [0.4, 0.5) is 0 Å². The number of hydrogen-bond acceptors (Lipinski definition) is 2. The summed E-state index contributed by atoms with van der Waals surface area (Å²) in [4.78, 5) is 13.3. The van der Waals surface area contributed by atoms with Gasteiger partial charge in [-0.25, -0.2) is 4.98 Å². The van der Waals surface area contributed by atoms with Gasteiger partial charge in [-0.05, 0) is 48.5 Å². The van der Waals surface area contributed by atoms with Crippen LogP contribution in [0.15, 0.2) is 97.2 Å². The Morgan fingerprint density at radius 2 is 1.50 bits per heavy atom. The van der Waals surface area contributed by atoms with E-state index >= 15 is 0 Å². The van der Waals surface area contributed by atoms with Crippen LogP contribution >= 0.6 is 0 Å². The van der Waals surface area contributed by atoms with Crippen molar-refractivity contribution >= 4 is 21.9 Å². The van der Waals surface area contributed by atoms with Crippen LogP contribution in [0.1, 0.15) is 26.5 Å². The quantitative estimate of drug-likeness (QED) is 0.308. The van der Waals surface area contributed by atoms with Gasteiger partial charge in [0.25, 0.3) is 0 Å². The van der Waals surface area contributed by atoms with E-state index in [1.807, 2.05) is 24.4 Å². The molecule has 166 valence electrons. The second-order valence-electron chi connectivity index (χ2n) is 9.76. The van der Waals surface area contributed by atoms with Crippen molar-refractivity contribution in [2.75, 3.05) is 0 Å².